The normalized spacial score (nSPS) is 13.0. The first kappa shape index (κ1) is 17.4. The third-order valence-corrected chi connectivity index (χ3v) is 5.41. The number of hydrogen-bond acceptors (Lipinski definition) is 6. The van der Waals surface area contributed by atoms with Crippen molar-refractivity contribution in [2.75, 3.05) is 0 Å². The third kappa shape index (κ3) is 4.04. The van der Waals surface area contributed by atoms with Gasteiger partial charge in [-0.3, -0.25) is 0 Å². The summed E-state index contributed by atoms with van der Waals surface area (Å²) >= 11 is 0. The van der Waals surface area contributed by atoms with E-state index in [1.165, 1.54) is 4.80 Å². The second kappa shape index (κ2) is 7.29. The number of hydrogen-bond donors (Lipinski definition) is 1. The van der Waals surface area contributed by atoms with Crippen LogP contribution in [-0.4, -0.2) is 28.6 Å². The first-order valence-electron chi connectivity index (χ1n) is 8.33. The molecule has 0 aliphatic carbocycles. The van der Waals surface area contributed by atoms with E-state index in [1.54, 1.807) is 24.5 Å². The zero-order valence-electron chi connectivity index (χ0n) is 14.3. The molecule has 4 aromatic rings. The number of fused-ring (bicyclic) bond motifs is 1. The van der Waals surface area contributed by atoms with Gasteiger partial charge in [0.25, 0.3) is 0 Å². The van der Waals surface area contributed by atoms with Gasteiger partial charge in [0.05, 0.1) is 25.0 Å². The quantitative estimate of drug-likeness (QED) is 0.525. The average Bonchev–Trinajstić information content (AvgIpc) is 3.32. The van der Waals surface area contributed by atoms with Crippen molar-refractivity contribution in [3.05, 3.63) is 78.2 Å². The van der Waals surface area contributed by atoms with Crippen molar-refractivity contribution in [3.8, 4) is 0 Å². The maximum atomic E-state index is 12.8. The summed E-state index contributed by atoms with van der Waals surface area (Å²) < 4.78 is 33.6. The van der Waals surface area contributed by atoms with Gasteiger partial charge in [0.15, 0.2) is 5.58 Å². The maximum absolute atomic E-state index is 12.8. The lowest BCUT2D eigenvalue weighted by molar-refractivity contribution is 0.440. The SMILES string of the molecule is O=S(=O)(Cc1noc2ccccc12)N[C@H](Cn1nccn1)c1ccccc1. The van der Waals surface area contributed by atoms with Crippen LogP contribution in [0.15, 0.2) is 71.5 Å². The third-order valence-electron chi connectivity index (χ3n) is 4.12. The van der Waals surface area contributed by atoms with Gasteiger partial charge in [-0.25, -0.2) is 13.1 Å². The Morgan fingerprint density at radius 2 is 1.70 bits per heavy atom. The number of nitrogens with one attached hydrogen (secondary N) is 1. The fourth-order valence-corrected chi connectivity index (χ4v) is 4.17. The van der Waals surface area contributed by atoms with Gasteiger partial charge in [-0.15, -0.1) is 0 Å². The van der Waals surface area contributed by atoms with E-state index in [0.717, 1.165) is 5.56 Å². The molecular formula is C18H17N5O3S. The molecule has 8 nitrogen and oxygen atoms in total. The van der Waals surface area contributed by atoms with Crippen molar-refractivity contribution in [2.45, 2.75) is 18.3 Å². The number of sulfonamides is 1. The number of para-hydroxylation sites is 1. The second-order valence-electron chi connectivity index (χ2n) is 6.05. The summed E-state index contributed by atoms with van der Waals surface area (Å²) in [4.78, 5) is 1.45. The molecule has 2 aromatic heterocycles. The van der Waals surface area contributed by atoms with Crippen LogP contribution in [0, 0.1) is 0 Å². The molecule has 1 atom stereocenters. The van der Waals surface area contributed by atoms with Crippen LogP contribution in [0.25, 0.3) is 11.0 Å². The number of nitrogens with zero attached hydrogens (tertiary/aromatic N) is 4. The summed E-state index contributed by atoms with van der Waals surface area (Å²) in [6, 6.07) is 16.0. The number of rotatable bonds is 7. The molecule has 0 saturated carbocycles. The zero-order chi connectivity index (χ0) is 18.7. The molecule has 9 heteroatoms. The van der Waals surface area contributed by atoms with Gasteiger partial charge in [-0.2, -0.15) is 15.0 Å². The van der Waals surface area contributed by atoms with Crippen molar-refractivity contribution in [3.63, 3.8) is 0 Å². The smallest absolute Gasteiger partial charge is 0.218 e. The highest BCUT2D eigenvalue weighted by Gasteiger charge is 2.23. The van der Waals surface area contributed by atoms with Gasteiger partial charge >= 0.3 is 0 Å². The van der Waals surface area contributed by atoms with Gasteiger partial charge < -0.3 is 4.52 Å². The standard InChI is InChI=1S/C18H17N5O3S/c24-27(25,13-17-15-8-4-5-9-18(15)26-21-17)22-16(12-23-19-10-11-20-23)14-6-2-1-3-7-14/h1-11,16,22H,12-13H2/t16-/m1/s1. The Hall–Kier alpha value is -3.04. The van der Waals surface area contributed by atoms with Crippen LogP contribution in [0.5, 0.6) is 0 Å². The van der Waals surface area contributed by atoms with Gasteiger partial charge in [-0.1, -0.05) is 47.6 Å². The van der Waals surface area contributed by atoms with Crippen LogP contribution in [0.1, 0.15) is 17.3 Å². The molecular weight excluding hydrogens is 366 g/mol. The van der Waals surface area contributed by atoms with Gasteiger partial charge in [0.1, 0.15) is 11.4 Å². The Bertz CT molecular complexity index is 1120. The van der Waals surface area contributed by atoms with Gasteiger partial charge in [0.2, 0.25) is 10.0 Å². The second-order valence-corrected chi connectivity index (χ2v) is 7.80. The van der Waals surface area contributed by atoms with Crippen molar-refractivity contribution in [1.29, 1.82) is 0 Å². The van der Waals surface area contributed by atoms with E-state index in [0.29, 0.717) is 16.7 Å². The summed E-state index contributed by atoms with van der Waals surface area (Å²) in [5.41, 5.74) is 1.76. The monoisotopic (exact) mass is 383 g/mol. The van der Waals surface area contributed by atoms with E-state index in [9.17, 15) is 8.42 Å². The Morgan fingerprint density at radius 3 is 2.48 bits per heavy atom. The van der Waals surface area contributed by atoms with Crippen molar-refractivity contribution >= 4 is 21.0 Å². The lowest BCUT2D eigenvalue weighted by atomic mass is 10.1. The highest BCUT2D eigenvalue weighted by atomic mass is 32.2. The van der Waals surface area contributed by atoms with Gasteiger partial charge in [-0.05, 0) is 17.7 Å². The van der Waals surface area contributed by atoms with E-state index >= 15 is 0 Å². The van der Waals surface area contributed by atoms with E-state index in [-0.39, 0.29) is 12.3 Å². The molecule has 0 aliphatic heterocycles. The van der Waals surface area contributed by atoms with E-state index < -0.39 is 16.1 Å². The molecule has 0 unspecified atom stereocenters. The Labute approximate surface area is 155 Å². The van der Waals surface area contributed by atoms with Crippen molar-refractivity contribution < 1.29 is 12.9 Å². The summed E-state index contributed by atoms with van der Waals surface area (Å²) in [5, 5.41) is 12.7. The van der Waals surface area contributed by atoms with Crippen LogP contribution in [0.3, 0.4) is 0 Å². The Kier molecular flexibility index (Phi) is 4.69. The van der Waals surface area contributed by atoms with E-state index in [1.807, 2.05) is 42.5 Å². The molecule has 0 amide bonds. The molecule has 2 heterocycles. The summed E-state index contributed by atoms with van der Waals surface area (Å²) in [5.74, 6) is -0.278. The molecule has 4 rings (SSSR count). The van der Waals surface area contributed by atoms with Gasteiger partial charge in [0, 0.05) is 5.39 Å². The Balaban J connectivity index is 1.59. The number of aromatic nitrogens is 4. The molecule has 0 fully saturated rings. The van der Waals surface area contributed by atoms with Crippen LogP contribution in [0.4, 0.5) is 0 Å². The van der Waals surface area contributed by atoms with Crippen molar-refractivity contribution in [1.82, 2.24) is 24.9 Å². The molecule has 27 heavy (non-hydrogen) atoms. The first-order valence-corrected chi connectivity index (χ1v) is 9.98. The first-order chi connectivity index (χ1) is 13.1. The largest absolute Gasteiger partial charge is 0.356 e. The van der Waals surface area contributed by atoms with Crippen LogP contribution in [0.2, 0.25) is 0 Å². The summed E-state index contributed by atoms with van der Waals surface area (Å²) in [7, 11) is -3.69. The topological polar surface area (TPSA) is 103 Å². The molecule has 0 spiro atoms. The molecule has 0 aliphatic rings. The predicted molar refractivity (Wildman–Crippen MR) is 99.0 cm³/mol. The minimum absolute atomic E-state index is 0.274. The fraction of sp³-hybridized carbons (Fsp3) is 0.167. The average molecular weight is 383 g/mol. The zero-order valence-corrected chi connectivity index (χ0v) is 15.1. The van der Waals surface area contributed by atoms with Crippen LogP contribution in [-0.2, 0) is 22.3 Å². The summed E-state index contributed by atoms with van der Waals surface area (Å²) in [6.07, 6.45) is 3.11. The minimum Gasteiger partial charge on any atom is -0.356 e. The van der Waals surface area contributed by atoms with Crippen molar-refractivity contribution in [2.24, 2.45) is 0 Å². The highest BCUT2D eigenvalue weighted by Crippen LogP contribution is 2.21. The van der Waals surface area contributed by atoms with Crippen LogP contribution >= 0.6 is 0 Å². The van der Waals surface area contributed by atoms with Crippen LogP contribution < -0.4 is 4.72 Å². The molecule has 0 bridgehead atoms. The summed E-state index contributed by atoms with van der Waals surface area (Å²) in [6.45, 7) is 0.274. The maximum Gasteiger partial charge on any atom is 0.218 e. The molecule has 1 N–H and O–H groups in total. The lowest BCUT2D eigenvalue weighted by Gasteiger charge is -2.18. The molecule has 0 radical (unpaired) electrons. The molecule has 0 saturated heterocycles. The highest BCUT2D eigenvalue weighted by molar-refractivity contribution is 7.88. The lowest BCUT2D eigenvalue weighted by Crippen LogP contribution is -2.33. The number of benzene rings is 2. The Morgan fingerprint density at radius 1 is 1.00 bits per heavy atom. The van der Waals surface area contributed by atoms with E-state index in [4.69, 9.17) is 4.52 Å². The molecule has 2 aromatic carbocycles. The minimum atomic E-state index is -3.69. The predicted octanol–water partition coefficient (Wildman–Crippen LogP) is 2.28. The van der Waals surface area contributed by atoms with E-state index in [2.05, 4.69) is 20.1 Å². The molecule has 138 valence electrons. The fourth-order valence-electron chi connectivity index (χ4n) is 2.88.